The van der Waals surface area contributed by atoms with E-state index in [0.29, 0.717) is 13.0 Å². The Labute approximate surface area is 143 Å². The first-order valence-corrected chi connectivity index (χ1v) is 8.78. The standard InChI is InChI=1S/C19H27N3O2/c1-19(2)12-22(10-9-16(19)20)17(23)11-13-3-7-15(8-4-13)21-18(24)14-5-6-14/h3-4,7-8,14,16H,5-6,9-12,20H2,1-2H3,(H,21,24). The molecule has 1 aliphatic carbocycles. The number of likely N-dealkylation sites (tertiary alicyclic amines) is 1. The molecule has 1 unspecified atom stereocenters. The minimum absolute atomic E-state index is 0.0368. The van der Waals surface area contributed by atoms with Crippen molar-refractivity contribution in [3.63, 3.8) is 0 Å². The van der Waals surface area contributed by atoms with Crippen LogP contribution in [-0.2, 0) is 16.0 Å². The predicted molar refractivity (Wildman–Crippen MR) is 94.5 cm³/mol. The SMILES string of the molecule is CC1(C)CN(C(=O)Cc2ccc(NC(=O)C3CC3)cc2)CCC1N. The zero-order valence-electron chi connectivity index (χ0n) is 14.5. The smallest absolute Gasteiger partial charge is 0.227 e. The van der Waals surface area contributed by atoms with E-state index in [4.69, 9.17) is 5.73 Å². The number of nitrogens with one attached hydrogen (secondary N) is 1. The largest absolute Gasteiger partial charge is 0.342 e. The molecular formula is C19H27N3O2. The van der Waals surface area contributed by atoms with Gasteiger partial charge in [-0.15, -0.1) is 0 Å². The number of carbonyl (C=O) groups is 2. The maximum Gasteiger partial charge on any atom is 0.227 e. The lowest BCUT2D eigenvalue weighted by Crippen LogP contribution is -2.54. The molecule has 0 bridgehead atoms. The van der Waals surface area contributed by atoms with Crippen LogP contribution in [0.5, 0.6) is 0 Å². The van der Waals surface area contributed by atoms with E-state index in [1.165, 1.54) is 0 Å². The van der Waals surface area contributed by atoms with E-state index in [0.717, 1.165) is 37.1 Å². The summed E-state index contributed by atoms with van der Waals surface area (Å²) >= 11 is 0. The molecule has 1 saturated carbocycles. The molecule has 130 valence electrons. The van der Waals surface area contributed by atoms with Crippen molar-refractivity contribution in [3.8, 4) is 0 Å². The summed E-state index contributed by atoms with van der Waals surface area (Å²) in [6, 6.07) is 7.73. The van der Waals surface area contributed by atoms with E-state index in [1.807, 2.05) is 29.2 Å². The fraction of sp³-hybridized carbons (Fsp3) is 0.579. The topological polar surface area (TPSA) is 75.4 Å². The van der Waals surface area contributed by atoms with Gasteiger partial charge in [0.05, 0.1) is 6.42 Å². The molecule has 1 heterocycles. The van der Waals surface area contributed by atoms with E-state index in [1.54, 1.807) is 0 Å². The third kappa shape index (κ3) is 3.96. The number of anilines is 1. The van der Waals surface area contributed by atoms with Gasteiger partial charge in [0.15, 0.2) is 0 Å². The Balaban J connectivity index is 1.55. The van der Waals surface area contributed by atoms with Gasteiger partial charge >= 0.3 is 0 Å². The van der Waals surface area contributed by atoms with Crippen molar-refractivity contribution in [2.75, 3.05) is 18.4 Å². The number of rotatable bonds is 4. The predicted octanol–water partition coefficient (Wildman–Crippen LogP) is 2.16. The van der Waals surface area contributed by atoms with E-state index in [9.17, 15) is 9.59 Å². The van der Waals surface area contributed by atoms with Crippen LogP contribution in [0.1, 0.15) is 38.7 Å². The summed E-state index contributed by atoms with van der Waals surface area (Å²) < 4.78 is 0. The first-order chi connectivity index (χ1) is 11.3. The van der Waals surface area contributed by atoms with E-state index >= 15 is 0 Å². The molecule has 1 aliphatic heterocycles. The summed E-state index contributed by atoms with van der Waals surface area (Å²) in [5, 5.41) is 2.92. The van der Waals surface area contributed by atoms with Gasteiger partial charge in [-0.25, -0.2) is 0 Å². The van der Waals surface area contributed by atoms with Gasteiger partial charge in [0.1, 0.15) is 0 Å². The van der Waals surface area contributed by atoms with Crippen LogP contribution >= 0.6 is 0 Å². The molecule has 2 amide bonds. The van der Waals surface area contributed by atoms with E-state index in [-0.39, 0.29) is 29.2 Å². The Kier molecular flexibility index (Phi) is 4.63. The molecule has 1 aromatic carbocycles. The number of piperidine rings is 1. The highest BCUT2D eigenvalue weighted by Gasteiger charge is 2.35. The fourth-order valence-electron chi connectivity index (χ4n) is 3.17. The summed E-state index contributed by atoms with van der Waals surface area (Å²) in [6.45, 7) is 5.68. The van der Waals surface area contributed by atoms with Crippen molar-refractivity contribution in [1.82, 2.24) is 4.90 Å². The van der Waals surface area contributed by atoms with Crippen LogP contribution in [0.25, 0.3) is 0 Å². The molecule has 0 radical (unpaired) electrons. The number of benzene rings is 1. The Bertz CT molecular complexity index is 620. The molecule has 24 heavy (non-hydrogen) atoms. The van der Waals surface area contributed by atoms with Crippen LogP contribution in [0, 0.1) is 11.3 Å². The minimum Gasteiger partial charge on any atom is -0.342 e. The van der Waals surface area contributed by atoms with Gasteiger partial charge < -0.3 is 16.0 Å². The third-order valence-corrected chi connectivity index (χ3v) is 5.19. The second kappa shape index (κ2) is 6.55. The zero-order valence-corrected chi connectivity index (χ0v) is 14.5. The molecule has 3 rings (SSSR count). The van der Waals surface area contributed by atoms with Crippen molar-refractivity contribution < 1.29 is 9.59 Å². The van der Waals surface area contributed by atoms with Gasteiger partial charge in [0.2, 0.25) is 11.8 Å². The number of hydrogen-bond donors (Lipinski definition) is 2. The fourth-order valence-corrected chi connectivity index (χ4v) is 3.17. The minimum atomic E-state index is -0.0368. The van der Waals surface area contributed by atoms with Crippen molar-refractivity contribution in [1.29, 1.82) is 0 Å². The molecule has 1 atom stereocenters. The number of carbonyl (C=O) groups excluding carboxylic acids is 2. The summed E-state index contributed by atoms with van der Waals surface area (Å²) in [5.41, 5.74) is 7.87. The van der Waals surface area contributed by atoms with Crippen LogP contribution in [0.15, 0.2) is 24.3 Å². The first-order valence-electron chi connectivity index (χ1n) is 8.78. The van der Waals surface area contributed by atoms with Gasteiger partial charge in [-0.3, -0.25) is 9.59 Å². The van der Waals surface area contributed by atoms with Crippen LogP contribution in [0.3, 0.4) is 0 Å². The lowest BCUT2D eigenvalue weighted by molar-refractivity contribution is -0.133. The number of nitrogens with two attached hydrogens (primary N) is 1. The Morgan fingerprint density at radius 2 is 1.88 bits per heavy atom. The molecule has 5 nitrogen and oxygen atoms in total. The second-order valence-corrected chi connectivity index (χ2v) is 7.84. The average Bonchev–Trinajstić information content (AvgIpc) is 3.36. The highest BCUT2D eigenvalue weighted by Crippen LogP contribution is 2.30. The Morgan fingerprint density at radius 1 is 1.21 bits per heavy atom. The number of hydrogen-bond acceptors (Lipinski definition) is 3. The quantitative estimate of drug-likeness (QED) is 0.889. The van der Waals surface area contributed by atoms with Crippen molar-refractivity contribution in [2.45, 2.75) is 45.6 Å². The lowest BCUT2D eigenvalue weighted by Gasteiger charge is -2.42. The van der Waals surface area contributed by atoms with Gasteiger partial charge in [-0.05, 0) is 42.4 Å². The van der Waals surface area contributed by atoms with Crippen molar-refractivity contribution in [2.24, 2.45) is 17.1 Å². The molecule has 2 fully saturated rings. The number of amides is 2. The third-order valence-electron chi connectivity index (χ3n) is 5.19. The van der Waals surface area contributed by atoms with Crippen molar-refractivity contribution >= 4 is 17.5 Å². The van der Waals surface area contributed by atoms with Gasteiger partial charge in [-0.1, -0.05) is 26.0 Å². The van der Waals surface area contributed by atoms with Crippen molar-refractivity contribution in [3.05, 3.63) is 29.8 Å². The van der Waals surface area contributed by atoms with Crippen LogP contribution in [0.2, 0.25) is 0 Å². The van der Waals surface area contributed by atoms with Gasteiger partial charge in [-0.2, -0.15) is 0 Å². The van der Waals surface area contributed by atoms with Gasteiger partial charge in [0.25, 0.3) is 0 Å². The summed E-state index contributed by atoms with van der Waals surface area (Å²) in [7, 11) is 0. The summed E-state index contributed by atoms with van der Waals surface area (Å²) in [4.78, 5) is 26.2. The molecule has 1 aromatic rings. The molecule has 0 aromatic heterocycles. The normalized spacial score (nSPS) is 23.0. The molecule has 1 saturated heterocycles. The Hall–Kier alpha value is -1.88. The average molecular weight is 329 g/mol. The van der Waals surface area contributed by atoms with E-state index in [2.05, 4.69) is 19.2 Å². The Morgan fingerprint density at radius 3 is 2.46 bits per heavy atom. The lowest BCUT2D eigenvalue weighted by atomic mass is 9.79. The number of nitrogens with zero attached hydrogens (tertiary/aromatic N) is 1. The molecular weight excluding hydrogens is 302 g/mol. The zero-order chi connectivity index (χ0) is 17.3. The highest BCUT2D eigenvalue weighted by atomic mass is 16.2. The van der Waals surface area contributed by atoms with Crippen LogP contribution in [0.4, 0.5) is 5.69 Å². The highest BCUT2D eigenvalue weighted by molar-refractivity contribution is 5.94. The maximum atomic E-state index is 12.5. The molecule has 3 N–H and O–H groups in total. The van der Waals surface area contributed by atoms with E-state index < -0.39 is 0 Å². The van der Waals surface area contributed by atoms with Crippen LogP contribution in [-0.4, -0.2) is 35.8 Å². The van der Waals surface area contributed by atoms with Crippen LogP contribution < -0.4 is 11.1 Å². The maximum absolute atomic E-state index is 12.5. The monoisotopic (exact) mass is 329 g/mol. The molecule has 5 heteroatoms. The molecule has 0 spiro atoms. The summed E-state index contributed by atoms with van der Waals surface area (Å²) in [6.07, 6.45) is 3.23. The summed E-state index contributed by atoms with van der Waals surface area (Å²) in [5.74, 6) is 0.440. The van der Waals surface area contributed by atoms with Gasteiger partial charge in [0, 0.05) is 30.7 Å². The molecule has 2 aliphatic rings. The second-order valence-electron chi connectivity index (χ2n) is 7.84. The first kappa shape index (κ1) is 17.0.